The number of imidazole rings is 1. The van der Waals surface area contributed by atoms with Crippen molar-refractivity contribution in [2.75, 3.05) is 11.9 Å². The minimum absolute atomic E-state index is 0.423. The van der Waals surface area contributed by atoms with Crippen LogP contribution in [-0.2, 0) is 19.4 Å². The molecule has 1 unspecified atom stereocenters. The van der Waals surface area contributed by atoms with Gasteiger partial charge in [-0.15, -0.1) is 0 Å². The van der Waals surface area contributed by atoms with Crippen LogP contribution >= 0.6 is 0 Å². The Bertz CT molecular complexity index is 818. The maximum atomic E-state index is 4.82. The molecule has 0 saturated carbocycles. The predicted octanol–water partition coefficient (Wildman–Crippen LogP) is 3.58. The molecule has 4 heterocycles. The first-order chi connectivity index (χ1) is 12.3. The fourth-order valence-electron chi connectivity index (χ4n) is 3.49. The Morgan fingerprint density at radius 2 is 2.16 bits per heavy atom. The SMILES string of the molecule is CC.CCCc1cn2c(n1)CC(N(C)c1ncnc3[nH]ccc13)CC2. The average Bonchev–Trinajstić information content (AvgIpc) is 3.28. The number of likely N-dealkylation sites (N-methyl/N-ethyl adjacent to an activating group) is 1. The van der Waals surface area contributed by atoms with Gasteiger partial charge in [-0.3, -0.25) is 0 Å². The highest BCUT2D eigenvalue weighted by Crippen LogP contribution is 2.27. The molecule has 1 N–H and O–H groups in total. The summed E-state index contributed by atoms with van der Waals surface area (Å²) >= 11 is 0. The summed E-state index contributed by atoms with van der Waals surface area (Å²) in [4.78, 5) is 19.1. The molecule has 0 saturated heterocycles. The van der Waals surface area contributed by atoms with Crippen molar-refractivity contribution in [1.82, 2.24) is 24.5 Å². The molecule has 6 nitrogen and oxygen atoms in total. The lowest BCUT2D eigenvalue weighted by Crippen LogP contribution is -2.38. The van der Waals surface area contributed by atoms with Crippen LogP contribution in [0.15, 0.2) is 24.8 Å². The Kier molecular flexibility index (Phi) is 5.36. The zero-order chi connectivity index (χ0) is 17.8. The van der Waals surface area contributed by atoms with Crippen LogP contribution in [0.4, 0.5) is 5.82 Å². The summed E-state index contributed by atoms with van der Waals surface area (Å²) in [6.07, 6.45) is 10.1. The molecule has 134 valence electrons. The molecular formula is C19H28N6. The van der Waals surface area contributed by atoms with Crippen molar-refractivity contribution in [3.8, 4) is 0 Å². The van der Waals surface area contributed by atoms with Gasteiger partial charge in [0.1, 0.15) is 23.6 Å². The molecule has 1 atom stereocenters. The number of H-pyrrole nitrogens is 1. The van der Waals surface area contributed by atoms with Gasteiger partial charge in [-0.05, 0) is 18.9 Å². The number of nitrogens with zero attached hydrogens (tertiary/aromatic N) is 5. The van der Waals surface area contributed by atoms with Gasteiger partial charge in [0.2, 0.25) is 0 Å². The Balaban J connectivity index is 0.000000880. The van der Waals surface area contributed by atoms with Crippen LogP contribution in [0.1, 0.15) is 45.1 Å². The first kappa shape index (κ1) is 17.5. The van der Waals surface area contributed by atoms with Gasteiger partial charge in [0.05, 0.1) is 11.1 Å². The minimum atomic E-state index is 0.423. The highest BCUT2D eigenvalue weighted by atomic mass is 15.2. The summed E-state index contributed by atoms with van der Waals surface area (Å²) in [7, 11) is 2.13. The topological polar surface area (TPSA) is 62.6 Å². The van der Waals surface area contributed by atoms with E-state index in [1.54, 1.807) is 6.33 Å². The maximum Gasteiger partial charge on any atom is 0.142 e. The van der Waals surface area contributed by atoms with Crippen molar-refractivity contribution in [3.05, 3.63) is 36.3 Å². The Morgan fingerprint density at radius 1 is 1.32 bits per heavy atom. The van der Waals surface area contributed by atoms with Crippen LogP contribution in [0.2, 0.25) is 0 Å². The van der Waals surface area contributed by atoms with E-state index < -0.39 is 0 Å². The third kappa shape index (κ3) is 3.38. The molecule has 0 radical (unpaired) electrons. The average molecular weight is 340 g/mol. The minimum Gasteiger partial charge on any atom is -0.356 e. The second-order valence-corrected chi connectivity index (χ2v) is 6.29. The number of aromatic amines is 1. The van der Waals surface area contributed by atoms with Crippen molar-refractivity contribution in [2.24, 2.45) is 0 Å². The molecule has 0 spiro atoms. The van der Waals surface area contributed by atoms with Crippen LogP contribution < -0.4 is 4.90 Å². The van der Waals surface area contributed by atoms with E-state index in [1.165, 1.54) is 11.5 Å². The lowest BCUT2D eigenvalue weighted by Gasteiger charge is -2.32. The monoisotopic (exact) mass is 340 g/mol. The lowest BCUT2D eigenvalue weighted by atomic mass is 10.0. The number of anilines is 1. The molecule has 3 aromatic rings. The molecule has 0 aromatic carbocycles. The molecule has 4 rings (SSSR count). The molecule has 3 aromatic heterocycles. The molecule has 0 aliphatic carbocycles. The van der Waals surface area contributed by atoms with E-state index in [0.717, 1.165) is 49.1 Å². The standard InChI is InChI=1S/C17H22N6.C2H6/c1-3-4-12-10-23-8-6-13(9-15(23)21-12)22(2)17-14-5-7-18-16(14)19-11-20-17;1-2/h5,7,10-11,13H,3-4,6,8-9H2,1-2H3,(H,18,19,20);1-2H3. The molecular weight excluding hydrogens is 312 g/mol. The Morgan fingerprint density at radius 3 is 2.96 bits per heavy atom. The van der Waals surface area contributed by atoms with Crippen LogP contribution in [-0.4, -0.2) is 37.6 Å². The van der Waals surface area contributed by atoms with E-state index in [9.17, 15) is 0 Å². The summed E-state index contributed by atoms with van der Waals surface area (Å²) in [5.41, 5.74) is 2.12. The number of aryl methyl sites for hydroxylation is 2. The highest BCUT2D eigenvalue weighted by molar-refractivity contribution is 5.87. The van der Waals surface area contributed by atoms with E-state index in [0.29, 0.717) is 6.04 Å². The van der Waals surface area contributed by atoms with Gasteiger partial charge in [-0.1, -0.05) is 27.2 Å². The molecule has 0 bridgehead atoms. The third-order valence-corrected chi connectivity index (χ3v) is 4.75. The number of fused-ring (bicyclic) bond motifs is 2. The molecule has 1 aliphatic heterocycles. The van der Waals surface area contributed by atoms with E-state index in [2.05, 4.69) is 44.6 Å². The van der Waals surface area contributed by atoms with Crippen molar-refractivity contribution in [2.45, 2.75) is 59.0 Å². The summed E-state index contributed by atoms with van der Waals surface area (Å²) in [5, 5.41) is 1.08. The number of hydrogen-bond donors (Lipinski definition) is 1. The van der Waals surface area contributed by atoms with Crippen molar-refractivity contribution >= 4 is 16.9 Å². The first-order valence-electron chi connectivity index (χ1n) is 9.32. The van der Waals surface area contributed by atoms with Crippen LogP contribution in [0.5, 0.6) is 0 Å². The number of rotatable bonds is 4. The summed E-state index contributed by atoms with van der Waals surface area (Å²) in [6.45, 7) is 7.23. The van der Waals surface area contributed by atoms with Gasteiger partial charge < -0.3 is 14.5 Å². The largest absolute Gasteiger partial charge is 0.356 e. The summed E-state index contributed by atoms with van der Waals surface area (Å²) in [5.74, 6) is 2.20. The summed E-state index contributed by atoms with van der Waals surface area (Å²) in [6, 6.07) is 2.47. The zero-order valence-electron chi connectivity index (χ0n) is 15.7. The van der Waals surface area contributed by atoms with Gasteiger partial charge in [-0.2, -0.15) is 0 Å². The lowest BCUT2D eigenvalue weighted by molar-refractivity contribution is 0.448. The Labute approximate surface area is 149 Å². The molecule has 25 heavy (non-hydrogen) atoms. The first-order valence-corrected chi connectivity index (χ1v) is 9.32. The molecule has 6 heteroatoms. The number of aromatic nitrogens is 5. The van der Waals surface area contributed by atoms with Gasteiger partial charge in [0, 0.05) is 38.4 Å². The van der Waals surface area contributed by atoms with Gasteiger partial charge in [-0.25, -0.2) is 15.0 Å². The van der Waals surface area contributed by atoms with Gasteiger partial charge in [0.15, 0.2) is 0 Å². The molecule has 1 aliphatic rings. The van der Waals surface area contributed by atoms with E-state index in [4.69, 9.17) is 4.98 Å². The highest BCUT2D eigenvalue weighted by Gasteiger charge is 2.25. The second-order valence-electron chi connectivity index (χ2n) is 6.29. The van der Waals surface area contributed by atoms with Crippen molar-refractivity contribution in [3.63, 3.8) is 0 Å². The normalized spacial score (nSPS) is 16.2. The molecule has 0 amide bonds. The van der Waals surface area contributed by atoms with Crippen molar-refractivity contribution < 1.29 is 0 Å². The smallest absolute Gasteiger partial charge is 0.142 e. The number of hydrogen-bond acceptors (Lipinski definition) is 4. The van der Waals surface area contributed by atoms with Crippen LogP contribution in [0.3, 0.4) is 0 Å². The maximum absolute atomic E-state index is 4.82. The van der Waals surface area contributed by atoms with Gasteiger partial charge in [0.25, 0.3) is 0 Å². The van der Waals surface area contributed by atoms with Crippen LogP contribution in [0, 0.1) is 0 Å². The fraction of sp³-hybridized carbons (Fsp3) is 0.526. The third-order valence-electron chi connectivity index (χ3n) is 4.75. The van der Waals surface area contributed by atoms with E-state index in [1.807, 2.05) is 26.1 Å². The van der Waals surface area contributed by atoms with Crippen molar-refractivity contribution in [1.29, 1.82) is 0 Å². The molecule has 0 fully saturated rings. The fourth-order valence-corrected chi connectivity index (χ4v) is 3.49. The van der Waals surface area contributed by atoms with E-state index >= 15 is 0 Å². The zero-order valence-corrected chi connectivity index (χ0v) is 15.7. The van der Waals surface area contributed by atoms with E-state index in [-0.39, 0.29) is 0 Å². The van der Waals surface area contributed by atoms with Gasteiger partial charge >= 0.3 is 0 Å². The predicted molar refractivity (Wildman–Crippen MR) is 102 cm³/mol. The number of nitrogens with one attached hydrogen (secondary N) is 1. The quantitative estimate of drug-likeness (QED) is 0.788. The van der Waals surface area contributed by atoms with Crippen LogP contribution in [0.25, 0.3) is 11.0 Å². The summed E-state index contributed by atoms with van der Waals surface area (Å²) < 4.78 is 2.32. The second kappa shape index (κ2) is 7.68. The Hall–Kier alpha value is -2.37.